The molecule has 0 radical (unpaired) electrons. The lowest BCUT2D eigenvalue weighted by molar-refractivity contribution is 0.0916. The van der Waals surface area contributed by atoms with Crippen molar-refractivity contribution in [2.45, 2.75) is 18.9 Å². The summed E-state index contributed by atoms with van der Waals surface area (Å²) in [7, 11) is 4.52. The topological polar surface area (TPSA) is 70.1 Å². The van der Waals surface area contributed by atoms with Crippen LogP contribution in [0.1, 0.15) is 23.2 Å². The van der Waals surface area contributed by atoms with E-state index in [1.165, 1.54) is 44.8 Å². The molecule has 4 rings (SSSR count). The lowest BCUT2D eigenvalue weighted by atomic mass is 10.1. The number of rotatable bonds is 8. The van der Waals surface area contributed by atoms with Crippen LogP contribution in [0.15, 0.2) is 41.8 Å². The maximum absolute atomic E-state index is 13.7. The second kappa shape index (κ2) is 10.2. The number of methoxy groups -OCH3 is 3. The normalized spacial score (nSPS) is 15.3. The van der Waals surface area contributed by atoms with Gasteiger partial charge in [-0.2, -0.15) is 0 Å². The number of benzene rings is 2. The van der Waals surface area contributed by atoms with E-state index in [0.29, 0.717) is 46.8 Å². The zero-order chi connectivity index (χ0) is 23.4. The van der Waals surface area contributed by atoms with E-state index in [0.717, 1.165) is 18.4 Å². The third-order valence-electron chi connectivity index (χ3n) is 5.43. The molecule has 0 aliphatic carbocycles. The average Bonchev–Trinajstić information content (AvgIpc) is 3.54. The summed E-state index contributed by atoms with van der Waals surface area (Å²) < 4.78 is 35.3. The first kappa shape index (κ1) is 23.0. The fourth-order valence-electron chi connectivity index (χ4n) is 3.74. The minimum Gasteiger partial charge on any atom is -0.493 e. The highest BCUT2D eigenvalue weighted by Crippen LogP contribution is 2.39. The number of ether oxygens (including phenoxy) is 4. The number of hydrogen-bond acceptors (Lipinski definition) is 7. The van der Waals surface area contributed by atoms with Crippen LogP contribution in [-0.4, -0.2) is 51.5 Å². The van der Waals surface area contributed by atoms with Gasteiger partial charge in [0.25, 0.3) is 5.91 Å². The van der Waals surface area contributed by atoms with Crippen LogP contribution in [0.5, 0.6) is 17.2 Å². The second-order valence-electron chi connectivity index (χ2n) is 7.49. The molecule has 2 heterocycles. The van der Waals surface area contributed by atoms with Gasteiger partial charge in [0, 0.05) is 23.1 Å². The number of carbonyl (C=O) groups is 1. The molecule has 0 spiro atoms. The molecule has 2 aromatic carbocycles. The van der Waals surface area contributed by atoms with Gasteiger partial charge >= 0.3 is 0 Å². The average molecular weight is 473 g/mol. The van der Waals surface area contributed by atoms with Gasteiger partial charge in [-0.05, 0) is 49.2 Å². The Balaban J connectivity index is 1.70. The minimum absolute atomic E-state index is 0.0749. The number of nitrogens with zero attached hydrogens (tertiary/aromatic N) is 2. The molecule has 33 heavy (non-hydrogen) atoms. The largest absolute Gasteiger partial charge is 0.493 e. The summed E-state index contributed by atoms with van der Waals surface area (Å²) in [5.74, 6) is 0.624. The highest BCUT2D eigenvalue weighted by atomic mass is 32.1. The molecule has 1 aliphatic rings. The molecule has 0 N–H and O–H groups in total. The third kappa shape index (κ3) is 4.94. The summed E-state index contributed by atoms with van der Waals surface area (Å²) in [5, 5.41) is 2.39. The smallest absolute Gasteiger partial charge is 0.260 e. The predicted molar refractivity (Wildman–Crippen MR) is 124 cm³/mol. The lowest BCUT2D eigenvalue weighted by Crippen LogP contribution is -2.37. The maximum Gasteiger partial charge on any atom is 0.260 e. The molecule has 0 bridgehead atoms. The number of halogens is 1. The van der Waals surface area contributed by atoms with E-state index in [4.69, 9.17) is 18.9 Å². The highest BCUT2D eigenvalue weighted by molar-refractivity contribution is 7.14. The van der Waals surface area contributed by atoms with E-state index in [2.05, 4.69) is 4.98 Å². The number of thiazole rings is 1. The molecular weight excluding hydrogens is 447 g/mol. The lowest BCUT2D eigenvalue weighted by Gasteiger charge is -2.24. The van der Waals surface area contributed by atoms with E-state index in [1.54, 1.807) is 29.2 Å². The van der Waals surface area contributed by atoms with E-state index >= 15 is 0 Å². The first-order chi connectivity index (χ1) is 16.0. The van der Waals surface area contributed by atoms with Crippen molar-refractivity contribution in [1.29, 1.82) is 0 Å². The Kier molecular flexibility index (Phi) is 7.10. The van der Waals surface area contributed by atoms with Crippen molar-refractivity contribution < 1.29 is 28.1 Å². The van der Waals surface area contributed by atoms with Crippen molar-refractivity contribution in [1.82, 2.24) is 4.98 Å². The molecule has 174 valence electrons. The maximum atomic E-state index is 13.7. The Hall–Kier alpha value is -3.17. The van der Waals surface area contributed by atoms with Crippen molar-refractivity contribution in [2.24, 2.45) is 0 Å². The van der Waals surface area contributed by atoms with Crippen LogP contribution in [0.2, 0.25) is 0 Å². The highest BCUT2D eigenvalue weighted by Gasteiger charge is 2.28. The molecule has 1 fully saturated rings. The van der Waals surface area contributed by atoms with Crippen molar-refractivity contribution in [3.8, 4) is 28.5 Å². The van der Waals surface area contributed by atoms with Gasteiger partial charge in [-0.15, -0.1) is 11.3 Å². The summed E-state index contributed by atoms with van der Waals surface area (Å²) in [4.78, 5) is 20.0. The monoisotopic (exact) mass is 472 g/mol. The first-order valence-electron chi connectivity index (χ1n) is 10.5. The Morgan fingerprint density at radius 2 is 1.85 bits per heavy atom. The summed E-state index contributed by atoms with van der Waals surface area (Å²) >= 11 is 1.35. The summed E-state index contributed by atoms with van der Waals surface area (Å²) in [6, 6.07) is 9.36. The van der Waals surface area contributed by atoms with Crippen LogP contribution in [0, 0.1) is 5.82 Å². The molecule has 1 atom stereocenters. The number of aromatic nitrogens is 1. The molecule has 9 heteroatoms. The molecule has 3 aromatic rings. The molecule has 1 aromatic heterocycles. The van der Waals surface area contributed by atoms with Gasteiger partial charge in [0.1, 0.15) is 5.82 Å². The fourth-order valence-corrected chi connectivity index (χ4v) is 4.58. The predicted octanol–water partition coefficient (Wildman–Crippen LogP) is 4.80. The second-order valence-corrected chi connectivity index (χ2v) is 8.32. The molecule has 0 saturated carbocycles. The Morgan fingerprint density at radius 1 is 1.15 bits per heavy atom. The zero-order valence-corrected chi connectivity index (χ0v) is 19.5. The van der Waals surface area contributed by atoms with Crippen LogP contribution in [0.25, 0.3) is 11.3 Å². The third-order valence-corrected chi connectivity index (χ3v) is 6.29. The molecule has 7 nitrogen and oxygen atoms in total. The molecule has 1 aliphatic heterocycles. The van der Waals surface area contributed by atoms with Gasteiger partial charge in [-0.1, -0.05) is 0 Å². The molecule has 1 saturated heterocycles. The number of amides is 1. The van der Waals surface area contributed by atoms with Gasteiger partial charge in [0.15, 0.2) is 16.6 Å². The van der Waals surface area contributed by atoms with Gasteiger partial charge in [-0.25, -0.2) is 9.37 Å². The van der Waals surface area contributed by atoms with Gasteiger partial charge in [0.2, 0.25) is 5.75 Å². The Morgan fingerprint density at radius 3 is 2.42 bits per heavy atom. The number of hydrogen-bond donors (Lipinski definition) is 0. The minimum atomic E-state index is -0.313. The van der Waals surface area contributed by atoms with Crippen LogP contribution >= 0.6 is 11.3 Å². The van der Waals surface area contributed by atoms with Crippen LogP contribution in [0.3, 0.4) is 0 Å². The van der Waals surface area contributed by atoms with Crippen molar-refractivity contribution in [2.75, 3.05) is 39.4 Å². The van der Waals surface area contributed by atoms with E-state index in [-0.39, 0.29) is 17.8 Å². The van der Waals surface area contributed by atoms with Crippen LogP contribution in [-0.2, 0) is 4.74 Å². The van der Waals surface area contributed by atoms with Crippen molar-refractivity contribution >= 4 is 22.4 Å². The number of anilines is 1. The Labute approximate surface area is 195 Å². The molecule has 1 amide bonds. The Bertz CT molecular complexity index is 1090. The zero-order valence-electron chi connectivity index (χ0n) is 18.7. The fraction of sp³-hybridized carbons (Fsp3) is 0.333. The van der Waals surface area contributed by atoms with Crippen molar-refractivity contribution in [3.05, 3.63) is 53.2 Å². The quantitative estimate of drug-likeness (QED) is 0.469. The first-order valence-corrected chi connectivity index (χ1v) is 11.4. The van der Waals surface area contributed by atoms with Gasteiger partial charge in [0.05, 0.1) is 39.7 Å². The standard InChI is InChI=1S/C24H25FN2O5S/c1-29-20-11-16(12-21(30-2)22(20)31-3)23(28)27(13-18-5-4-10-32-18)24-26-19(14-33-24)15-6-8-17(25)9-7-15/h6-9,11-12,14,18H,4-5,10,13H2,1-3H3/t18-/m1/s1. The summed E-state index contributed by atoms with van der Waals surface area (Å²) in [5.41, 5.74) is 1.82. The van der Waals surface area contributed by atoms with Gasteiger partial charge < -0.3 is 18.9 Å². The van der Waals surface area contributed by atoms with E-state index < -0.39 is 0 Å². The van der Waals surface area contributed by atoms with Gasteiger partial charge in [-0.3, -0.25) is 9.69 Å². The van der Waals surface area contributed by atoms with Crippen LogP contribution < -0.4 is 19.1 Å². The van der Waals surface area contributed by atoms with E-state index in [9.17, 15) is 9.18 Å². The molecule has 0 unspecified atom stereocenters. The summed E-state index contributed by atoms with van der Waals surface area (Å²) in [6.45, 7) is 1.04. The van der Waals surface area contributed by atoms with Crippen molar-refractivity contribution in [3.63, 3.8) is 0 Å². The molecular formula is C24H25FN2O5S. The SMILES string of the molecule is COc1cc(C(=O)N(C[C@H]2CCCO2)c2nc(-c3ccc(F)cc3)cs2)cc(OC)c1OC. The number of carbonyl (C=O) groups excluding carboxylic acids is 1. The van der Waals surface area contributed by atoms with E-state index in [1.807, 2.05) is 5.38 Å². The summed E-state index contributed by atoms with van der Waals surface area (Å²) in [6.07, 6.45) is 1.75. The van der Waals surface area contributed by atoms with Crippen LogP contribution in [0.4, 0.5) is 9.52 Å².